The van der Waals surface area contributed by atoms with Gasteiger partial charge in [0, 0.05) is 10.9 Å². The molecule has 2 aliphatic rings. The quantitative estimate of drug-likeness (QED) is 0.718. The number of ketones is 1. The van der Waals surface area contributed by atoms with Crippen molar-refractivity contribution >= 4 is 17.4 Å². The second kappa shape index (κ2) is 3.56. The molecular weight excluding hydrogens is 227 g/mol. The highest BCUT2D eigenvalue weighted by molar-refractivity contribution is 6.30. The molecule has 0 saturated heterocycles. The van der Waals surface area contributed by atoms with Gasteiger partial charge in [-0.1, -0.05) is 18.0 Å². The number of Topliss-reactive ketones (excluding diaryl/α,β-unsaturated/α-hetero) is 1. The molecule has 3 rings (SSSR count). The van der Waals surface area contributed by atoms with Crippen molar-refractivity contribution < 1.29 is 9.18 Å². The van der Waals surface area contributed by atoms with Crippen LogP contribution in [0, 0.1) is 23.6 Å². The van der Waals surface area contributed by atoms with Crippen LogP contribution in [0.15, 0.2) is 18.2 Å². The number of hydrogen-bond donors (Lipinski definition) is 0. The van der Waals surface area contributed by atoms with Gasteiger partial charge in [-0.05, 0) is 42.9 Å². The average Bonchev–Trinajstić information content (AvgIpc) is 2.71. The van der Waals surface area contributed by atoms with Crippen LogP contribution in [0.4, 0.5) is 4.39 Å². The third kappa shape index (κ3) is 1.47. The number of fused-ring (bicyclic) bond motifs is 1. The van der Waals surface area contributed by atoms with E-state index in [0.29, 0.717) is 16.9 Å². The predicted octanol–water partition coefficient (Wildman–Crippen LogP) is 3.71. The maximum atomic E-state index is 13.6. The summed E-state index contributed by atoms with van der Waals surface area (Å²) in [4.78, 5) is 12.1. The summed E-state index contributed by atoms with van der Waals surface area (Å²) in [6.07, 6.45) is 3.49. The first kappa shape index (κ1) is 10.3. The minimum absolute atomic E-state index is 0.0242. The van der Waals surface area contributed by atoms with Gasteiger partial charge in [-0.2, -0.15) is 0 Å². The Bertz CT molecular complexity index is 447. The van der Waals surface area contributed by atoms with E-state index in [2.05, 4.69) is 0 Å². The molecule has 1 nitrogen and oxygen atoms in total. The maximum Gasteiger partial charge on any atom is 0.169 e. The highest BCUT2D eigenvalue weighted by Crippen LogP contribution is 2.58. The van der Waals surface area contributed by atoms with E-state index < -0.39 is 5.82 Å². The van der Waals surface area contributed by atoms with Crippen molar-refractivity contribution in [1.29, 1.82) is 0 Å². The van der Waals surface area contributed by atoms with E-state index in [1.807, 2.05) is 0 Å². The summed E-state index contributed by atoms with van der Waals surface area (Å²) in [7, 11) is 0. The van der Waals surface area contributed by atoms with Crippen LogP contribution >= 0.6 is 11.6 Å². The van der Waals surface area contributed by atoms with Gasteiger partial charge in [-0.15, -0.1) is 0 Å². The highest BCUT2D eigenvalue weighted by Gasteiger charge is 2.56. The van der Waals surface area contributed by atoms with E-state index in [9.17, 15) is 9.18 Å². The molecule has 2 unspecified atom stereocenters. The molecule has 0 radical (unpaired) electrons. The van der Waals surface area contributed by atoms with Crippen molar-refractivity contribution in [3.05, 3.63) is 34.6 Å². The summed E-state index contributed by atoms with van der Waals surface area (Å²) >= 11 is 5.66. The van der Waals surface area contributed by atoms with E-state index in [-0.39, 0.29) is 17.3 Å². The second-order valence-corrected chi connectivity index (χ2v) is 5.21. The second-order valence-electron chi connectivity index (χ2n) is 4.77. The van der Waals surface area contributed by atoms with Gasteiger partial charge in [-0.25, -0.2) is 4.39 Å². The lowest BCUT2D eigenvalue weighted by Gasteiger charge is -2.04. The minimum Gasteiger partial charge on any atom is -0.294 e. The molecule has 2 aliphatic carbocycles. The van der Waals surface area contributed by atoms with E-state index in [1.54, 1.807) is 6.07 Å². The Labute approximate surface area is 98.6 Å². The maximum absolute atomic E-state index is 13.6. The van der Waals surface area contributed by atoms with Gasteiger partial charge >= 0.3 is 0 Å². The van der Waals surface area contributed by atoms with Gasteiger partial charge in [0.1, 0.15) is 5.82 Å². The summed E-state index contributed by atoms with van der Waals surface area (Å²) in [6, 6.07) is 4.30. The van der Waals surface area contributed by atoms with Crippen molar-refractivity contribution in [2.75, 3.05) is 0 Å². The summed E-state index contributed by atoms with van der Waals surface area (Å²) in [6.45, 7) is 0. The first-order valence-corrected chi connectivity index (χ1v) is 6.05. The summed E-state index contributed by atoms with van der Waals surface area (Å²) in [5.41, 5.74) is 0.212. The molecule has 0 aromatic heterocycles. The Kier molecular flexibility index (Phi) is 2.28. The van der Waals surface area contributed by atoms with Crippen molar-refractivity contribution in [3.8, 4) is 0 Å². The van der Waals surface area contributed by atoms with Crippen molar-refractivity contribution in [3.63, 3.8) is 0 Å². The van der Waals surface area contributed by atoms with Crippen LogP contribution in [0.2, 0.25) is 5.02 Å². The van der Waals surface area contributed by atoms with Crippen LogP contribution in [0.5, 0.6) is 0 Å². The van der Waals surface area contributed by atoms with Gasteiger partial charge in [-0.3, -0.25) is 4.79 Å². The van der Waals surface area contributed by atoms with Gasteiger partial charge in [0.25, 0.3) is 0 Å². The number of carbonyl (C=O) groups excluding carboxylic acids is 1. The van der Waals surface area contributed by atoms with Crippen molar-refractivity contribution in [2.24, 2.45) is 17.8 Å². The molecule has 0 heterocycles. The van der Waals surface area contributed by atoms with Crippen LogP contribution in [0.25, 0.3) is 0 Å². The summed E-state index contributed by atoms with van der Waals surface area (Å²) in [5.74, 6) is 0.640. The topological polar surface area (TPSA) is 17.1 Å². The minimum atomic E-state index is -0.484. The highest BCUT2D eigenvalue weighted by atomic mass is 35.5. The molecule has 84 valence electrons. The molecule has 2 saturated carbocycles. The lowest BCUT2D eigenvalue weighted by molar-refractivity contribution is 0.0947. The zero-order valence-corrected chi connectivity index (χ0v) is 9.51. The van der Waals surface area contributed by atoms with E-state index in [0.717, 1.165) is 12.8 Å². The van der Waals surface area contributed by atoms with Gasteiger partial charge < -0.3 is 0 Å². The molecule has 3 heteroatoms. The molecule has 0 aliphatic heterocycles. The third-order valence-electron chi connectivity index (χ3n) is 3.91. The standard InChI is InChI=1S/C13H12ClFO/c14-7-4-5-10(11(15)6-7)13(16)12-8-2-1-3-9(8)12/h4-6,8-9,12H,1-3H2. The third-order valence-corrected chi connectivity index (χ3v) is 4.14. The van der Waals surface area contributed by atoms with Gasteiger partial charge in [0.05, 0.1) is 5.56 Å². The molecule has 0 bridgehead atoms. The Morgan fingerprint density at radius 2 is 2.00 bits per heavy atom. The van der Waals surface area contributed by atoms with Gasteiger partial charge in [0.15, 0.2) is 5.78 Å². The zero-order chi connectivity index (χ0) is 11.3. The SMILES string of the molecule is O=C(c1ccc(Cl)cc1F)C1C2CCCC21. The first-order chi connectivity index (χ1) is 7.68. The Morgan fingerprint density at radius 3 is 2.62 bits per heavy atom. The van der Waals surface area contributed by atoms with Gasteiger partial charge in [0.2, 0.25) is 0 Å². The molecule has 2 fully saturated rings. The normalized spacial score (nSPS) is 31.2. The molecular formula is C13H12ClFO. The molecule has 2 atom stereocenters. The number of hydrogen-bond acceptors (Lipinski definition) is 1. The Balaban J connectivity index is 1.85. The number of carbonyl (C=O) groups is 1. The number of rotatable bonds is 2. The fraction of sp³-hybridized carbons (Fsp3) is 0.462. The van der Waals surface area contributed by atoms with E-state index in [4.69, 9.17) is 11.6 Å². The summed E-state index contributed by atoms with van der Waals surface area (Å²) in [5, 5.41) is 0.338. The monoisotopic (exact) mass is 238 g/mol. The molecule has 1 aromatic carbocycles. The number of halogens is 2. The number of benzene rings is 1. The lowest BCUT2D eigenvalue weighted by Crippen LogP contribution is -2.08. The molecule has 0 amide bonds. The Hall–Kier alpha value is -0.890. The molecule has 0 spiro atoms. The zero-order valence-electron chi connectivity index (χ0n) is 8.75. The van der Waals surface area contributed by atoms with Crippen LogP contribution in [-0.2, 0) is 0 Å². The van der Waals surface area contributed by atoms with Crippen molar-refractivity contribution in [2.45, 2.75) is 19.3 Å². The largest absolute Gasteiger partial charge is 0.294 e. The molecule has 16 heavy (non-hydrogen) atoms. The van der Waals surface area contributed by atoms with Crippen molar-refractivity contribution in [1.82, 2.24) is 0 Å². The average molecular weight is 239 g/mol. The molecule has 0 N–H and O–H groups in total. The fourth-order valence-electron chi connectivity index (χ4n) is 3.08. The van der Waals surface area contributed by atoms with Crippen LogP contribution < -0.4 is 0 Å². The van der Waals surface area contributed by atoms with Crippen LogP contribution in [0.1, 0.15) is 29.6 Å². The van der Waals surface area contributed by atoms with E-state index >= 15 is 0 Å². The lowest BCUT2D eigenvalue weighted by atomic mass is 10.0. The molecule has 1 aromatic rings. The Morgan fingerprint density at radius 1 is 1.31 bits per heavy atom. The fourth-order valence-corrected chi connectivity index (χ4v) is 3.24. The predicted molar refractivity (Wildman–Crippen MR) is 60.1 cm³/mol. The van der Waals surface area contributed by atoms with Crippen LogP contribution in [-0.4, -0.2) is 5.78 Å². The van der Waals surface area contributed by atoms with E-state index in [1.165, 1.54) is 18.6 Å². The van der Waals surface area contributed by atoms with Crippen LogP contribution in [0.3, 0.4) is 0 Å². The smallest absolute Gasteiger partial charge is 0.169 e. The first-order valence-electron chi connectivity index (χ1n) is 5.68. The summed E-state index contributed by atoms with van der Waals surface area (Å²) < 4.78 is 13.6.